The van der Waals surface area contributed by atoms with Crippen molar-refractivity contribution < 1.29 is 48.6 Å². The predicted octanol–water partition coefficient (Wildman–Crippen LogP) is 3.21. The molecule has 1 fully saturated rings. The summed E-state index contributed by atoms with van der Waals surface area (Å²) in [4.78, 5) is 38.6. The van der Waals surface area contributed by atoms with Crippen LogP contribution in [0.1, 0.15) is 53.6 Å². The number of rotatable bonds is 8. The number of aliphatic carboxylic acids is 1. The van der Waals surface area contributed by atoms with Crippen molar-refractivity contribution >= 4 is 29.3 Å². The van der Waals surface area contributed by atoms with E-state index in [1.165, 1.54) is 0 Å². The van der Waals surface area contributed by atoms with Gasteiger partial charge in [-0.15, -0.1) is 0 Å². The van der Waals surface area contributed by atoms with Gasteiger partial charge in [0, 0.05) is 5.69 Å². The van der Waals surface area contributed by atoms with Gasteiger partial charge in [-0.05, 0) is 79.1 Å². The summed E-state index contributed by atoms with van der Waals surface area (Å²) in [5.41, 5.74) is 4.61. The molecule has 3 aromatic carbocycles. The third-order valence-corrected chi connectivity index (χ3v) is 7.33. The van der Waals surface area contributed by atoms with Gasteiger partial charge in [-0.1, -0.05) is 55.7 Å². The van der Waals surface area contributed by atoms with Gasteiger partial charge in [0.1, 0.15) is 11.8 Å². The molecule has 0 spiro atoms. The monoisotopic (exact) mass is 553 g/mol. The van der Waals surface area contributed by atoms with Gasteiger partial charge in [0.15, 0.2) is 0 Å². The van der Waals surface area contributed by atoms with E-state index in [1.807, 2.05) is 56.3 Å². The van der Waals surface area contributed by atoms with E-state index in [9.17, 15) is 19.5 Å². The molecule has 1 saturated carbocycles. The summed E-state index contributed by atoms with van der Waals surface area (Å²) in [7, 11) is 1.59. The molecule has 1 aliphatic rings. The molecule has 3 aromatic rings. The molecule has 212 valence electrons. The quantitative estimate of drug-likeness (QED) is 0.315. The molecule has 0 heterocycles. The Labute approximate surface area is 252 Å². The number of nitrogens with one attached hydrogen (secondary N) is 3. The summed E-state index contributed by atoms with van der Waals surface area (Å²) in [6, 6.07) is 16.8. The van der Waals surface area contributed by atoms with E-state index in [4.69, 9.17) is 4.74 Å². The van der Waals surface area contributed by atoms with E-state index in [-0.39, 0.29) is 41.5 Å². The second-order valence-corrected chi connectivity index (χ2v) is 10.0. The second kappa shape index (κ2) is 15.3. The van der Waals surface area contributed by atoms with Gasteiger partial charge in [0.25, 0.3) is 5.91 Å². The van der Waals surface area contributed by atoms with Crippen molar-refractivity contribution in [2.75, 3.05) is 17.7 Å². The first-order valence-corrected chi connectivity index (χ1v) is 13.2. The molecule has 0 saturated heterocycles. The zero-order chi connectivity index (χ0) is 27.9. The van der Waals surface area contributed by atoms with Gasteiger partial charge < -0.3 is 31.3 Å². The molecule has 41 heavy (non-hydrogen) atoms. The average Bonchev–Trinajstić information content (AvgIpc) is 2.94. The van der Waals surface area contributed by atoms with Gasteiger partial charge in [-0.2, -0.15) is 0 Å². The SMILES string of the molecule is COc1ccc(-c2ccc(C(=O)N[C@H](C(=O)O)C3CCCCC3)c(NC(=O)Nc3c(C)cccc3C)c2)cc1.[Li+].[OH-]. The van der Waals surface area contributed by atoms with Crippen molar-refractivity contribution in [1.29, 1.82) is 0 Å². The van der Waals surface area contributed by atoms with Gasteiger partial charge >= 0.3 is 30.9 Å². The van der Waals surface area contributed by atoms with Crippen LogP contribution in [0, 0.1) is 19.8 Å². The number of amides is 3. The zero-order valence-electron chi connectivity index (χ0n) is 24.0. The molecule has 0 radical (unpaired) electrons. The molecule has 5 N–H and O–H groups in total. The van der Waals surface area contributed by atoms with E-state index in [0.29, 0.717) is 11.4 Å². The van der Waals surface area contributed by atoms with Crippen LogP contribution in [0.3, 0.4) is 0 Å². The Bertz CT molecular complexity index is 1340. The van der Waals surface area contributed by atoms with Gasteiger partial charge in [0.2, 0.25) is 0 Å². The maximum atomic E-state index is 13.4. The Hall–Kier alpha value is -3.77. The number of carbonyl (C=O) groups excluding carboxylic acids is 2. The average molecular weight is 554 g/mol. The molecule has 1 aliphatic carbocycles. The van der Waals surface area contributed by atoms with Crippen LogP contribution in [0.2, 0.25) is 0 Å². The van der Waals surface area contributed by atoms with Crippen molar-refractivity contribution in [3.05, 3.63) is 77.4 Å². The maximum Gasteiger partial charge on any atom is 1.00 e. The summed E-state index contributed by atoms with van der Waals surface area (Å²) >= 11 is 0. The van der Waals surface area contributed by atoms with E-state index >= 15 is 0 Å². The largest absolute Gasteiger partial charge is 1.00 e. The van der Waals surface area contributed by atoms with E-state index < -0.39 is 23.9 Å². The van der Waals surface area contributed by atoms with Crippen molar-refractivity contribution in [2.24, 2.45) is 5.92 Å². The third-order valence-electron chi connectivity index (χ3n) is 7.33. The summed E-state index contributed by atoms with van der Waals surface area (Å²) in [6.07, 6.45) is 4.50. The Morgan fingerprint density at radius 3 is 2.07 bits per heavy atom. The first-order chi connectivity index (χ1) is 18.8. The van der Waals surface area contributed by atoms with Crippen LogP contribution in [-0.2, 0) is 4.79 Å². The van der Waals surface area contributed by atoms with Crippen molar-refractivity contribution in [2.45, 2.75) is 52.0 Å². The van der Waals surface area contributed by atoms with Crippen LogP contribution >= 0.6 is 0 Å². The standard InChI is InChI=1S/C31H35N3O5.Li.H2O/c1-19-8-7-9-20(2)27(19)34-31(38)32-26-18-23(21-12-15-24(39-3)16-13-21)14-17-25(26)29(35)33-28(30(36)37)22-10-5-4-6-11-22;;/h7-9,12-18,22,28H,4-6,10-11H2,1-3H3,(H,33,35)(H,36,37)(H2,32,34,38);;1H2/q;+1;/p-1/t28-;;/m0../s1. The number of carboxylic acid groups (broad SMARTS) is 1. The zero-order valence-corrected chi connectivity index (χ0v) is 24.0. The molecule has 0 unspecified atom stereocenters. The fourth-order valence-electron chi connectivity index (χ4n) is 5.16. The molecule has 1 atom stereocenters. The predicted molar refractivity (Wildman–Crippen MR) is 154 cm³/mol. The van der Waals surface area contributed by atoms with Crippen LogP contribution in [0.5, 0.6) is 5.75 Å². The normalized spacial score (nSPS) is 13.5. The smallest absolute Gasteiger partial charge is 0.870 e. The Kier molecular flexibility index (Phi) is 12.5. The number of ether oxygens (including phenoxy) is 1. The minimum absolute atomic E-state index is 0. The van der Waals surface area contributed by atoms with Crippen LogP contribution in [0.15, 0.2) is 60.7 Å². The maximum absolute atomic E-state index is 13.4. The van der Waals surface area contributed by atoms with E-state index in [0.717, 1.165) is 54.4 Å². The molecule has 10 heteroatoms. The Morgan fingerprint density at radius 1 is 0.878 bits per heavy atom. The van der Waals surface area contributed by atoms with Gasteiger partial charge in [-0.3, -0.25) is 4.79 Å². The second-order valence-electron chi connectivity index (χ2n) is 10.0. The van der Waals surface area contributed by atoms with Crippen molar-refractivity contribution in [3.8, 4) is 16.9 Å². The van der Waals surface area contributed by atoms with Gasteiger partial charge in [-0.25, -0.2) is 9.59 Å². The molecule has 0 aliphatic heterocycles. The molecular weight excluding hydrogens is 517 g/mol. The number of hydrogen-bond donors (Lipinski definition) is 4. The molecule has 0 aromatic heterocycles. The van der Waals surface area contributed by atoms with Crippen LogP contribution in [0.25, 0.3) is 11.1 Å². The van der Waals surface area contributed by atoms with Gasteiger partial charge in [0.05, 0.1) is 18.4 Å². The summed E-state index contributed by atoms with van der Waals surface area (Å²) in [5.74, 6) is -1.00. The fourth-order valence-corrected chi connectivity index (χ4v) is 5.16. The number of anilines is 2. The summed E-state index contributed by atoms with van der Waals surface area (Å²) < 4.78 is 5.25. The Balaban J connectivity index is 0.00000294. The molecule has 0 bridgehead atoms. The number of aryl methyl sites for hydroxylation is 2. The molecule has 4 rings (SSSR count). The molecule has 3 amide bonds. The minimum Gasteiger partial charge on any atom is -0.870 e. The number of benzene rings is 3. The van der Waals surface area contributed by atoms with Crippen molar-refractivity contribution in [3.63, 3.8) is 0 Å². The Morgan fingerprint density at radius 2 is 1.49 bits per heavy atom. The van der Waals surface area contributed by atoms with Crippen LogP contribution in [0.4, 0.5) is 16.2 Å². The summed E-state index contributed by atoms with van der Waals surface area (Å²) in [5, 5.41) is 18.3. The van der Waals surface area contributed by atoms with Crippen molar-refractivity contribution in [1.82, 2.24) is 5.32 Å². The number of carbonyl (C=O) groups is 3. The topological polar surface area (TPSA) is 147 Å². The number of para-hydroxylation sites is 1. The number of carboxylic acids is 1. The summed E-state index contributed by atoms with van der Waals surface area (Å²) in [6.45, 7) is 3.81. The number of methoxy groups -OCH3 is 1. The molecular formula is C31H36LiN3O6. The minimum atomic E-state index is -1.05. The number of hydrogen-bond acceptors (Lipinski definition) is 5. The van der Waals surface area contributed by atoms with Crippen LogP contribution < -0.4 is 39.5 Å². The molecule has 9 nitrogen and oxygen atoms in total. The van der Waals surface area contributed by atoms with E-state index in [2.05, 4.69) is 16.0 Å². The number of urea groups is 1. The van der Waals surface area contributed by atoms with Crippen LogP contribution in [-0.4, -0.2) is 41.6 Å². The fraction of sp³-hybridized carbons (Fsp3) is 0.323. The first-order valence-electron chi connectivity index (χ1n) is 13.2. The third kappa shape index (κ3) is 8.37. The van der Waals surface area contributed by atoms with E-state index in [1.54, 1.807) is 25.3 Å². The first kappa shape index (κ1) is 33.4.